The van der Waals surface area contributed by atoms with E-state index in [1.165, 1.54) is 0 Å². The highest BCUT2D eigenvalue weighted by Gasteiger charge is 2.09. The molecule has 2 aromatic rings. The normalized spacial score (nSPS) is 10.5. The molecule has 90 valence electrons. The van der Waals surface area contributed by atoms with Crippen molar-refractivity contribution in [3.63, 3.8) is 0 Å². The quantitative estimate of drug-likeness (QED) is 0.903. The molecule has 0 atom stereocenters. The Morgan fingerprint density at radius 1 is 1.29 bits per heavy atom. The molecular weight excluding hydrogens is 232 g/mol. The lowest BCUT2D eigenvalue weighted by Crippen LogP contribution is -2.24. The van der Waals surface area contributed by atoms with Gasteiger partial charge in [-0.25, -0.2) is 4.98 Å². The SMILES string of the molecule is CCN(CC)c1nc(N)cc(-c2ccsc2)n1. The summed E-state index contributed by atoms with van der Waals surface area (Å²) in [5, 5.41) is 4.10. The summed E-state index contributed by atoms with van der Waals surface area (Å²) in [6.07, 6.45) is 0. The second-order valence-corrected chi connectivity index (χ2v) is 4.44. The van der Waals surface area contributed by atoms with Crippen molar-refractivity contribution in [3.8, 4) is 11.3 Å². The number of hydrogen-bond acceptors (Lipinski definition) is 5. The van der Waals surface area contributed by atoms with Crippen molar-refractivity contribution in [2.45, 2.75) is 13.8 Å². The van der Waals surface area contributed by atoms with E-state index in [2.05, 4.69) is 34.1 Å². The van der Waals surface area contributed by atoms with Gasteiger partial charge in [-0.2, -0.15) is 16.3 Å². The Kier molecular flexibility index (Phi) is 3.58. The maximum atomic E-state index is 5.84. The first-order chi connectivity index (χ1) is 8.24. The molecule has 0 aliphatic heterocycles. The fraction of sp³-hybridized carbons (Fsp3) is 0.333. The first-order valence-corrected chi connectivity index (χ1v) is 6.61. The molecule has 0 spiro atoms. The van der Waals surface area contributed by atoms with E-state index in [1.807, 2.05) is 17.5 Å². The van der Waals surface area contributed by atoms with Crippen LogP contribution in [0.3, 0.4) is 0 Å². The molecule has 0 fully saturated rings. The lowest BCUT2D eigenvalue weighted by Gasteiger charge is -2.19. The summed E-state index contributed by atoms with van der Waals surface area (Å²) in [5.74, 6) is 1.22. The van der Waals surface area contributed by atoms with Gasteiger partial charge >= 0.3 is 0 Å². The molecule has 0 aliphatic rings. The van der Waals surface area contributed by atoms with E-state index in [1.54, 1.807) is 11.3 Å². The fourth-order valence-corrected chi connectivity index (χ4v) is 2.31. The highest BCUT2D eigenvalue weighted by molar-refractivity contribution is 7.08. The average Bonchev–Trinajstić information content (AvgIpc) is 2.83. The van der Waals surface area contributed by atoms with Gasteiger partial charge in [0.15, 0.2) is 0 Å². The lowest BCUT2D eigenvalue weighted by atomic mass is 10.2. The van der Waals surface area contributed by atoms with Gasteiger partial charge in [0.05, 0.1) is 5.69 Å². The van der Waals surface area contributed by atoms with E-state index in [0.29, 0.717) is 11.8 Å². The molecule has 17 heavy (non-hydrogen) atoms. The van der Waals surface area contributed by atoms with Crippen LogP contribution in [0.5, 0.6) is 0 Å². The van der Waals surface area contributed by atoms with Crippen molar-refractivity contribution in [2.24, 2.45) is 0 Å². The van der Waals surface area contributed by atoms with Crippen LogP contribution in [0, 0.1) is 0 Å². The molecule has 0 unspecified atom stereocenters. The summed E-state index contributed by atoms with van der Waals surface area (Å²) in [6.45, 7) is 5.92. The van der Waals surface area contributed by atoms with Crippen LogP contribution in [-0.4, -0.2) is 23.1 Å². The molecule has 2 rings (SSSR count). The zero-order chi connectivity index (χ0) is 12.3. The first-order valence-electron chi connectivity index (χ1n) is 5.66. The lowest BCUT2D eigenvalue weighted by molar-refractivity contribution is 0.824. The molecule has 0 saturated heterocycles. The Morgan fingerprint density at radius 2 is 2.06 bits per heavy atom. The van der Waals surface area contributed by atoms with Gasteiger partial charge in [-0.1, -0.05) is 0 Å². The summed E-state index contributed by atoms with van der Waals surface area (Å²) in [4.78, 5) is 10.9. The van der Waals surface area contributed by atoms with Crippen LogP contribution in [0.15, 0.2) is 22.9 Å². The van der Waals surface area contributed by atoms with Crippen LogP contribution in [0.25, 0.3) is 11.3 Å². The Labute approximate surface area is 105 Å². The number of rotatable bonds is 4. The molecule has 0 amide bonds. The number of thiophene rings is 1. The highest BCUT2D eigenvalue weighted by Crippen LogP contribution is 2.23. The standard InChI is InChI=1S/C12H16N4S/c1-3-16(4-2)12-14-10(7-11(13)15-12)9-5-6-17-8-9/h5-8H,3-4H2,1-2H3,(H2,13,14,15). The van der Waals surface area contributed by atoms with Crippen molar-refractivity contribution in [3.05, 3.63) is 22.9 Å². The van der Waals surface area contributed by atoms with Gasteiger partial charge < -0.3 is 10.6 Å². The van der Waals surface area contributed by atoms with Crippen molar-refractivity contribution >= 4 is 23.1 Å². The third-order valence-corrected chi connectivity index (χ3v) is 3.28. The van der Waals surface area contributed by atoms with Gasteiger partial charge in [0.2, 0.25) is 5.95 Å². The molecule has 0 radical (unpaired) electrons. The summed E-state index contributed by atoms with van der Waals surface area (Å²) in [7, 11) is 0. The minimum atomic E-state index is 0.517. The predicted molar refractivity (Wildman–Crippen MR) is 73.3 cm³/mol. The molecule has 0 saturated carbocycles. The number of nitrogens with zero attached hydrogens (tertiary/aromatic N) is 3. The van der Waals surface area contributed by atoms with Crippen LogP contribution in [0.2, 0.25) is 0 Å². The third kappa shape index (κ3) is 2.55. The molecule has 5 heteroatoms. The summed E-state index contributed by atoms with van der Waals surface area (Å²) in [5.41, 5.74) is 7.82. The van der Waals surface area contributed by atoms with Crippen molar-refractivity contribution in [1.29, 1.82) is 0 Å². The van der Waals surface area contributed by atoms with Gasteiger partial charge in [0.1, 0.15) is 5.82 Å². The molecule has 2 aromatic heterocycles. The minimum absolute atomic E-state index is 0.517. The average molecular weight is 248 g/mol. The minimum Gasteiger partial charge on any atom is -0.384 e. The zero-order valence-corrected chi connectivity index (χ0v) is 10.9. The Bertz CT molecular complexity index is 477. The van der Waals surface area contributed by atoms with E-state index in [0.717, 1.165) is 24.3 Å². The summed E-state index contributed by atoms with van der Waals surface area (Å²) < 4.78 is 0. The van der Waals surface area contributed by atoms with Crippen LogP contribution in [0.4, 0.5) is 11.8 Å². The maximum Gasteiger partial charge on any atom is 0.227 e. The van der Waals surface area contributed by atoms with Gasteiger partial charge in [-0.15, -0.1) is 0 Å². The van der Waals surface area contributed by atoms with Crippen molar-refractivity contribution in [2.75, 3.05) is 23.7 Å². The molecule has 2 N–H and O–H groups in total. The van der Waals surface area contributed by atoms with E-state index in [-0.39, 0.29) is 0 Å². The predicted octanol–water partition coefficient (Wildman–Crippen LogP) is 2.63. The van der Waals surface area contributed by atoms with E-state index >= 15 is 0 Å². The van der Waals surface area contributed by atoms with Crippen LogP contribution >= 0.6 is 11.3 Å². The Balaban J connectivity index is 2.42. The second kappa shape index (κ2) is 5.14. The molecule has 0 aliphatic carbocycles. The van der Waals surface area contributed by atoms with Crippen molar-refractivity contribution < 1.29 is 0 Å². The topological polar surface area (TPSA) is 55.0 Å². The van der Waals surface area contributed by atoms with Crippen LogP contribution in [-0.2, 0) is 0 Å². The highest BCUT2D eigenvalue weighted by atomic mass is 32.1. The van der Waals surface area contributed by atoms with Crippen LogP contribution < -0.4 is 10.6 Å². The number of aromatic nitrogens is 2. The third-order valence-electron chi connectivity index (χ3n) is 2.60. The Hall–Kier alpha value is -1.62. The number of nitrogens with two attached hydrogens (primary N) is 1. The zero-order valence-electron chi connectivity index (χ0n) is 10.1. The maximum absolute atomic E-state index is 5.84. The summed E-state index contributed by atoms with van der Waals surface area (Å²) >= 11 is 1.65. The van der Waals surface area contributed by atoms with E-state index in [9.17, 15) is 0 Å². The van der Waals surface area contributed by atoms with Gasteiger partial charge in [-0.3, -0.25) is 0 Å². The van der Waals surface area contributed by atoms with E-state index in [4.69, 9.17) is 5.73 Å². The number of nitrogen functional groups attached to an aromatic ring is 1. The molecule has 0 bridgehead atoms. The fourth-order valence-electron chi connectivity index (χ4n) is 1.66. The molecular formula is C12H16N4S. The van der Waals surface area contributed by atoms with E-state index < -0.39 is 0 Å². The van der Waals surface area contributed by atoms with Gasteiger partial charge in [-0.05, 0) is 25.3 Å². The van der Waals surface area contributed by atoms with Crippen molar-refractivity contribution in [1.82, 2.24) is 9.97 Å². The van der Waals surface area contributed by atoms with Gasteiger partial charge in [0, 0.05) is 30.1 Å². The second-order valence-electron chi connectivity index (χ2n) is 3.66. The monoisotopic (exact) mass is 248 g/mol. The molecule has 0 aromatic carbocycles. The van der Waals surface area contributed by atoms with Gasteiger partial charge in [0.25, 0.3) is 0 Å². The Morgan fingerprint density at radius 3 is 2.65 bits per heavy atom. The molecule has 4 nitrogen and oxygen atoms in total. The smallest absolute Gasteiger partial charge is 0.227 e. The number of hydrogen-bond donors (Lipinski definition) is 1. The number of anilines is 2. The largest absolute Gasteiger partial charge is 0.384 e. The summed E-state index contributed by atoms with van der Waals surface area (Å²) in [6, 6.07) is 3.85. The van der Waals surface area contributed by atoms with Crippen LogP contribution in [0.1, 0.15) is 13.8 Å². The first kappa shape index (κ1) is 11.9. The molecule has 2 heterocycles.